The van der Waals surface area contributed by atoms with Crippen molar-refractivity contribution in [3.63, 3.8) is 0 Å². The summed E-state index contributed by atoms with van der Waals surface area (Å²) in [6, 6.07) is 3.90. The maximum Gasteiger partial charge on any atom is 0.246 e. The summed E-state index contributed by atoms with van der Waals surface area (Å²) in [5, 5.41) is 0. The number of sulfonamides is 1. The Morgan fingerprint density at radius 1 is 1.53 bits per heavy atom. The standard InChI is InChI=1S/C12H15ClFNO2S2/c1-15(10-4-5-18-8-10)19(16,17)12-6-9(7-13)2-3-11(12)14/h2-3,6,10H,4-5,7-8H2,1H3. The molecule has 0 aromatic heterocycles. The van der Waals surface area contributed by atoms with Crippen LogP contribution in [-0.2, 0) is 15.9 Å². The van der Waals surface area contributed by atoms with Gasteiger partial charge in [-0.3, -0.25) is 0 Å². The Labute approximate surface area is 122 Å². The summed E-state index contributed by atoms with van der Waals surface area (Å²) in [5.74, 6) is 1.12. The molecular weight excluding hydrogens is 309 g/mol. The number of hydrogen-bond donors (Lipinski definition) is 0. The molecule has 0 N–H and O–H groups in total. The van der Waals surface area contributed by atoms with Crippen molar-refractivity contribution < 1.29 is 12.8 Å². The van der Waals surface area contributed by atoms with E-state index < -0.39 is 15.8 Å². The number of alkyl halides is 1. The lowest BCUT2D eigenvalue weighted by Crippen LogP contribution is -2.37. The number of benzene rings is 1. The fourth-order valence-electron chi connectivity index (χ4n) is 1.99. The summed E-state index contributed by atoms with van der Waals surface area (Å²) in [7, 11) is -2.29. The van der Waals surface area contributed by atoms with Crippen LogP contribution in [0.25, 0.3) is 0 Å². The Hall–Kier alpha value is -0.300. The van der Waals surface area contributed by atoms with Crippen LogP contribution < -0.4 is 0 Å². The zero-order valence-electron chi connectivity index (χ0n) is 10.5. The van der Waals surface area contributed by atoms with E-state index in [2.05, 4.69) is 0 Å². The quantitative estimate of drug-likeness (QED) is 0.800. The normalized spacial score (nSPS) is 20.1. The van der Waals surface area contributed by atoms with Gasteiger partial charge in [0.25, 0.3) is 0 Å². The summed E-state index contributed by atoms with van der Waals surface area (Å²) < 4.78 is 40.0. The predicted octanol–water partition coefficient (Wildman–Crippen LogP) is 2.69. The molecule has 0 saturated carbocycles. The minimum atomic E-state index is -3.80. The first kappa shape index (κ1) is 15.1. The lowest BCUT2D eigenvalue weighted by molar-refractivity contribution is 0.391. The highest BCUT2D eigenvalue weighted by molar-refractivity contribution is 7.99. The summed E-state index contributed by atoms with van der Waals surface area (Å²) in [6.07, 6.45) is 0.803. The Bertz CT molecular complexity index is 559. The lowest BCUT2D eigenvalue weighted by Gasteiger charge is -2.23. The molecule has 3 nitrogen and oxygen atoms in total. The molecule has 2 rings (SSSR count). The first-order valence-electron chi connectivity index (χ1n) is 5.87. The molecule has 1 aromatic carbocycles. The molecule has 1 aliphatic heterocycles. The van der Waals surface area contributed by atoms with Crippen molar-refractivity contribution in [1.29, 1.82) is 0 Å². The van der Waals surface area contributed by atoms with Gasteiger partial charge in [0, 0.05) is 24.7 Å². The van der Waals surface area contributed by atoms with Gasteiger partial charge in [-0.15, -0.1) is 11.6 Å². The van der Waals surface area contributed by atoms with Gasteiger partial charge in [0.05, 0.1) is 0 Å². The molecule has 1 aromatic rings. The topological polar surface area (TPSA) is 37.4 Å². The molecule has 19 heavy (non-hydrogen) atoms. The van der Waals surface area contributed by atoms with E-state index in [1.807, 2.05) is 0 Å². The molecule has 0 amide bonds. The van der Waals surface area contributed by atoms with Crippen molar-refractivity contribution in [2.45, 2.75) is 23.2 Å². The van der Waals surface area contributed by atoms with Crippen molar-refractivity contribution in [2.24, 2.45) is 0 Å². The monoisotopic (exact) mass is 323 g/mol. The third-order valence-electron chi connectivity index (χ3n) is 3.23. The van der Waals surface area contributed by atoms with E-state index in [1.54, 1.807) is 11.8 Å². The minimum Gasteiger partial charge on any atom is -0.207 e. The fraction of sp³-hybridized carbons (Fsp3) is 0.500. The second kappa shape index (κ2) is 5.99. The van der Waals surface area contributed by atoms with Gasteiger partial charge in [-0.25, -0.2) is 12.8 Å². The molecule has 7 heteroatoms. The Balaban J connectivity index is 2.38. The van der Waals surface area contributed by atoms with E-state index in [0.717, 1.165) is 24.0 Å². The highest BCUT2D eigenvalue weighted by atomic mass is 35.5. The van der Waals surface area contributed by atoms with Gasteiger partial charge in [-0.1, -0.05) is 6.07 Å². The van der Waals surface area contributed by atoms with Crippen molar-refractivity contribution >= 4 is 33.4 Å². The fourth-order valence-corrected chi connectivity index (χ4v) is 5.01. The molecule has 0 bridgehead atoms. The molecule has 1 unspecified atom stereocenters. The Morgan fingerprint density at radius 3 is 2.84 bits per heavy atom. The SMILES string of the molecule is CN(C1CCSC1)S(=O)(=O)c1cc(CCl)ccc1F. The second-order valence-corrected chi connectivity index (χ2v) is 7.82. The minimum absolute atomic E-state index is 0.0611. The van der Waals surface area contributed by atoms with Crippen LogP contribution in [0.4, 0.5) is 4.39 Å². The maximum absolute atomic E-state index is 13.8. The van der Waals surface area contributed by atoms with Crippen LogP contribution >= 0.6 is 23.4 Å². The van der Waals surface area contributed by atoms with Gasteiger partial charge in [0.2, 0.25) is 10.0 Å². The molecule has 1 heterocycles. The van der Waals surface area contributed by atoms with Gasteiger partial charge in [-0.05, 0) is 29.9 Å². The van der Waals surface area contributed by atoms with Gasteiger partial charge < -0.3 is 0 Å². The Morgan fingerprint density at radius 2 is 2.26 bits per heavy atom. The largest absolute Gasteiger partial charge is 0.246 e. The summed E-state index contributed by atoms with van der Waals surface area (Å²) in [6.45, 7) is 0. The van der Waals surface area contributed by atoms with Crippen LogP contribution in [-0.4, -0.2) is 37.3 Å². The van der Waals surface area contributed by atoms with Gasteiger partial charge in [-0.2, -0.15) is 16.1 Å². The Kier molecular flexibility index (Phi) is 4.76. The molecule has 1 atom stereocenters. The number of halogens is 2. The summed E-state index contributed by atoms with van der Waals surface area (Å²) in [5.41, 5.74) is 0.593. The van der Waals surface area contributed by atoms with Gasteiger partial charge >= 0.3 is 0 Å². The van der Waals surface area contributed by atoms with Crippen LogP contribution in [0.2, 0.25) is 0 Å². The van der Waals surface area contributed by atoms with E-state index in [1.165, 1.54) is 23.5 Å². The highest BCUT2D eigenvalue weighted by Gasteiger charge is 2.32. The molecule has 0 radical (unpaired) electrons. The number of hydrogen-bond acceptors (Lipinski definition) is 3. The average Bonchev–Trinajstić information content (AvgIpc) is 2.92. The first-order chi connectivity index (χ1) is 8.96. The molecule has 1 aliphatic rings. The predicted molar refractivity (Wildman–Crippen MR) is 76.6 cm³/mol. The molecule has 0 spiro atoms. The molecule has 1 saturated heterocycles. The molecule has 1 fully saturated rings. The van der Waals surface area contributed by atoms with Gasteiger partial charge in [0.1, 0.15) is 10.7 Å². The van der Waals surface area contributed by atoms with Crippen molar-refractivity contribution in [1.82, 2.24) is 4.31 Å². The molecule has 0 aliphatic carbocycles. The zero-order valence-corrected chi connectivity index (χ0v) is 12.9. The summed E-state index contributed by atoms with van der Waals surface area (Å²) in [4.78, 5) is -0.287. The van der Waals surface area contributed by atoms with Crippen LogP contribution in [0.3, 0.4) is 0 Å². The van der Waals surface area contributed by atoms with E-state index in [-0.39, 0.29) is 16.8 Å². The van der Waals surface area contributed by atoms with Crippen molar-refractivity contribution in [3.8, 4) is 0 Å². The number of nitrogens with zero attached hydrogens (tertiary/aromatic N) is 1. The first-order valence-corrected chi connectivity index (χ1v) is 9.00. The highest BCUT2D eigenvalue weighted by Crippen LogP contribution is 2.28. The lowest BCUT2D eigenvalue weighted by atomic mass is 10.2. The third-order valence-corrected chi connectivity index (χ3v) is 6.61. The van der Waals surface area contributed by atoms with Gasteiger partial charge in [0.15, 0.2) is 0 Å². The van der Waals surface area contributed by atoms with Crippen LogP contribution in [0.15, 0.2) is 23.1 Å². The van der Waals surface area contributed by atoms with E-state index in [9.17, 15) is 12.8 Å². The van der Waals surface area contributed by atoms with Crippen LogP contribution in [0.1, 0.15) is 12.0 Å². The van der Waals surface area contributed by atoms with Crippen LogP contribution in [0, 0.1) is 5.82 Å². The molecule has 106 valence electrons. The number of rotatable bonds is 4. The second-order valence-electron chi connectivity index (χ2n) is 4.44. The number of thioether (sulfide) groups is 1. The van der Waals surface area contributed by atoms with Crippen molar-refractivity contribution in [3.05, 3.63) is 29.6 Å². The smallest absolute Gasteiger partial charge is 0.207 e. The zero-order chi connectivity index (χ0) is 14.0. The average molecular weight is 324 g/mol. The summed E-state index contributed by atoms with van der Waals surface area (Å²) >= 11 is 7.39. The van der Waals surface area contributed by atoms with Crippen LogP contribution in [0.5, 0.6) is 0 Å². The van der Waals surface area contributed by atoms with E-state index in [0.29, 0.717) is 5.56 Å². The van der Waals surface area contributed by atoms with E-state index >= 15 is 0 Å². The van der Waals surface area contributed by atoms with E-state index in [4.69, 9.17) is 11.6 Å². The van der Waals surface area contributed by atoms with Crippen molar-refractivity contribution in [2.75, 3.05) is 18.6 Å². The maximum atomic E-state index is 13.8. The third kappa shape index (κ3) is 3.07. The molecular formula is C12H15ClFNO2S2.